The van der Waals surface area contributed by atoms with Gasteiger partial charge in [-0.3, -0.25) is 50.5 Å². The summed E-state index contributed by atoms with van der Waals surface area (Å²) in [6.45, 7) is 10.8. The third-order valence-electron chi connectivity index (χ3n) is 7.84. The molecule has 0 aromatic heterocycles. The van der Waals surface area contributed by atoms with Crippen LogP contribution in [0.5, 0.6) is 0 Å². The van der Waals surface area contributed by atoms with Crippen LogP contribution >= 0.6 is 0 Å². The number of amides is 6. The molecular formula is C33H40N6O6. The molecule has 0 spiro atoms. The van der Waals surface area contributed by atoms with Crippen molar-refractivity contribution in [3.05, 3.63) is 71.8 Å². The first-order valence-corrected chi connectivity index (χ1v) is 14.8. The highest BCUT2D eigenvalue weighted by Crippen LogP contribution is 2.48. The molecular weight excluding hydrogens is 576 g/mol. The third-order valence-corrected chi connectivity index (χ3v) is 7.84. The summed E-state index contributed by atoms with van der Waals surface area (Å²) in [7, 11) is 0. The second-order valence-corrected chi connectivity index (χ2v) is 13.4. The zero-order chi connectivity index (χ0) is 33.1. The number of anilines is 2. The van der Waals surface area contributed by atoms with Gasteiger partial charge in [-0.1, -0.05) is 53.7 Å². The minimum Gasteiger partial charge on any atom is -0.326 e. The summed E-state index contributed by atoms with van der Waals surface area (Å²) in [6.07, 6.45) is 4.38. The summed E-state index contributed by atoms with van der Waals surface area (Å²) in [4.78, 5) is 76.1. The number of benzene rings is 2. The molecule has 2 aliphatic carbocycles. The van der Waals surface area contributed by atoms with Crippen molar-refractivity contribution in [1.82, 2.24) is 21.7 Å². The second kappa shape index (κ2) is 12.9. The van der Waals surface area contributed by atoms with Gasteiger partial charge in [-0.05, 0) is 66.8 Å². The van der Waals surface area contributed by atoms with Crippen molar-refractivity contribution in [3.8, 4) is 0 Å². The number of carbonyl (C=O) groups excluding carboxylic acids is 6. The quantitative estimate of drug-likeness (QED) is 0.214. The van der Waals surface area contributed by atoms with Crippen molar-refractivity contribution >= 4 is 46.8 Å². The first-order valence-electron chi connectivity index (χ1n) is 14.8. The first-order chi connectivity index (χ1) is 21.0. The second-order valence-electron chi connectivity index (χ2n) is 13.4. The lowest BCUT2D eigenvalue weighted by Crippen LogP contribution is -2.52. The Balaban J connectivity index is 1.30. The van der Waals surface area contributed by atoms with Gasteiger partial charge in [0.05, 0.1) is 11.8 Å². The minimum atomic E-state index is -0.752. The molecule has 4 atom stereocenters. The molecule has 2 aromatic carbocycles. The van der Waals surface area contributed by atoms with Crippen LogP contribution < -0.4 is 32.3 Å². The smallest absolute Gasteiger partial charge is 0.269 e. The van der Waals surface area contributed by atoms with Gasteiger partial charge in [0.1, 0.15) is 0 Å². The Labute approximate surface area is 262 Å². The molecule has 0 heterocycles. The van der Waals surface area contributed by atoms with Crippen LogP contribution in [0.25, 0.3) is 0 Å². The van der Waals surface area contributed by atoms with Crippen molar-refractivity contribution in [1.29, 1.82) is 0 Å². The molecule has 0 saturated heterocycles. The fraction of sp³-hybridized carbons (Fsp3) is 0.394. The predicted molar refractivity (Wildman–Crippen MR) is 168 cm³/mol. The Morgan fingerprint density at radius 3 is 1.18 bits per heavy atom. The molecule has 45 heavy (non-hydrogen) atoms. The Bertz CT molecular complexity index is 1410. The van der Waals surface area contributed by atoms with Crippen LogP contribution in [0, 0.1) is 34.5 Å². The number of rotatable bonds is 6. The zero-order valence-corrected chi connectivity index (χ0v) is 26.2. The summed E-state index contributed by atoms with van der Waals surface area (Å²) in [5.41, 5.74) is 10.1. The molecule has 6 N–H and O–H groups in total. The maximum atomic E-state index is 13.2. The van der Waals surface area contributed by atoms with Gasteiger partial charge >= 0.3 is 0 Å². The summed E-state index contributed by atoms with van der Waals surface area (Å²) >= 11 is 0. The number of hydrogen-bond donors (Lipinski definition) is 6. The van der Waals surface area contributed by atoms with Crippen molar-refractivity contribution in [2.24, 2.45) is 34.5 Å². The number of fused-ring (bicyclic) bond motifs is 2. The predicted octanol–water partition coefficient (Wildman–Crippen LogP) is 3.32. The lowest BCUT2D eigenvalue weighted by molar-refractivity contribution is -0.136. The molecule has 0 radical (unpaired) electrons. The average Bonchev–Trinajstić information content (AvgIpc) is 3.60. The molecule has 2 bridgehead atoms. The van der Waals surface area contributed by atoms with E-state index in [0.717, 1.165) is 0 Å². The van der Waals surface area contributed by atoms with E-state index in [1.807, 2.05) is 12.2 Å². The average molecular weight is 617 g/mol. The molecule has 4 rings (SSSR count). The van der Waals surface area contributed by atoms with E-state index in [1.165, 1.54) is 24.3 Å². The van der Waals surface area contributed by atoms with Crippen molar-refractivity contribution in [3.63, 3.8) is 0 Å². The van der Waals surface area contributed by atoms with Gasteiger partial charge < -0.3 is 10.6 Å². The van der Waals surface area contributed by atoms with Gasteiger partial charge in [0.15, 0.2) is 0 Å². The Kier molecular flexibility index (Phi) is 9.45. The summed E-state index contributed by atoms with van der Waals surface area (Å²) in [5.74, 6) is -4.39. The summed E-state index contributed by atoms with van der Waals surface area (Å²) in [6, 6.07) is 12.5. The lowest BCUT2D eigenvalue weighted by Gasteiger charge is -2.26. The van der Waals surface area contributed by atoms with Crippen molar-refractivity contribution in [2.75, 3.05) is 10.6 Å². The lowest BCUT2D eigenvalue weighted by atomic mass is 9.82. The normalized spacial score (nSPS) is 20.1. The number of nitrogens with one attached hydrogen (secondary N) is 6. The van der Waals surface area contributed by atoms with Crippen LogP contribution in [0.4, 0.5) is 11.4 Å². The largest absolute Gasteiger partial charge is 0.326 e. The van der Waals surface area contributed by atoms with Gasteiger partial charge in [0, 0.05) is 33.3 Å². The number of carbonyl (C=O) groups is 6. The van der Waals surface area contributed by atoms with Crippen LogP contribution in [-0.4, -0.2) is 35.4 Å². The van der Waals surface area contributed by atoms with Crippen LogP contribution in [0.15, 0.2) is 60.7 Å². The first kappa shape index (κ1) is 32.9. The minimum absolute atomic E-state index is 0.165. The fourth-order valence-corrected chi connectivity index (χ4v) is 5.13. The molecule has 2 aromatic rings. The van der Waals surface area contributed by atoms with Crippen molar-refractivity contribution in [2.45, 2.75) is 48.0 Å². The van der Waals surface area contributed by atoms with E-state index in [1.54, 1.807) is 65.8 Å². The van der Waals surface area contributed by atoms with E-state index < -0.39 is 46.3 Å². The molecule has 238 valence electrons. The molecule has 1 saturated carbocycles. The van der Waals surface area contributed by atoms with Crippen LogP contribution in [0.2, 0.25) is 0 Å². The highest BCUT2D eigenvalue weighted by molar-refractivity contribution is 6.00. The molecule has 6 amide bonds. The number of allylic oxidation sites excluding steroid dienone is 2. The van der Waals surface area contributed by atoms with Crippen LogP contribution in [0.3, 0.4) is 0 Å². The zero-order valence-electron chi connectivity index (χ0n) is 26.2. The van der Waals surface area contributed by atoms with E-state index in [9.17, 15) is 28.8 Å². The molecule has 12 nitrogen and oxygen atoms in total. The molecule has 1 fully saturated rings. The molecule has 12 heteroatoms. The van der Waals surface area contributed by atoms with Crippen LogP contribution in [0.1, 0.15) is 68.7 Å². The molecule has 0 aliphatic heterocycles. The highest BCUT2D eigenvalue weighted by atomic mass is 16.2. The Morgan fingerprint density at radius 2 is 0.867 bits per heavy atom. The van der Waals surface area contributed by atoms with E-state index in [0.29, 0.717) is 17.8 Å². The van der Waals surface area contributed by atoms with E-state index in [2.05, 4.69) is 32.3 Å². The van der Waals surface area contributed by atoms with Gasteiger partial charge in [-0.25, -0.2) is 0 Å². The standard InChI is InChI=1S/C33H40N6O6/c1-32(2,3)30(44)34-22-13-9-18(10-14-22)26(40)36-38-28(42)24-20-7-8-21(17-20)25(24)29(43)39-37-27(41)19-11-15-23(16-12-19)35-31(45)33(4,5)6/h7-16,20-21,24-25H,17H2,1-6H3,(H,34,44)(H,35,45)(H,36,40)(H,37,41)(H,38,42)(H,39,43)/t20-,21-,24+,25+/m0/s1. The maximum absolute atomic E-state index is 13.2. The van der Waals surface area contributed by atoms with Crippen LogP contribution in [-0.2, 0) is 19.2 Å². The van der Waals surface area contributed by atoms with E-state index in [4.69, 9.17) is 0 Å². The summed E-state index contributed by atoms with van der Waals surface area (Å²) < 4.78 is 0. The number of hydrogen-bond acceptors (Lipinski definition) is 6. The maximum Gasteiger partial charge on any atom is 0.269 e. The summed E-state index contributed by atoms with van der Waals surface area (Å²) in [5, 5.41) is 5.56. The third kappa shape index (κ3) is 7.94. The molecule has 2 aliphatic rings. The Morgan fingerprint density at radius 1 is 0.533 bits per heavy atom. The van der Waals surface area contributed by atoms with Gasteiger partial charge in [0.2, 0.25) is 23.6 Å². The van der Waals surface area contributed by atoms with Gasteiger partial charge in [-0.15, -0.1) is 0 Å². The van der Waals surface area contributed by atoms with Crippen molar-refractivity contribution < 1.29 is 28.8 Å². The Hall–Kier alpha value is -5.00. The van der Waals surface area contributed by atoms with Gasteiger partial charge in [0.25, 0.3) is 11.8 Å². The topological polar surface area (TPSA) is 175 Å². The molecule has 0 unspecified atom stereocenters. The SMILES string of the molecule is CC(C)(C)C(=O)Nc1ccc(C(=O)NNC(=O)[C@H]2[C@H](C(=O)NNC(=O)c3ccc(NC(=O)C(C)(C)C)cc3)[C@H]3C=C[C@H]2C3)cc1. The fourth-order valence-electron chi connectivity index (χ4n) is 5.13. The van der Waals surface area contributed by atoms with E-state index in [-0.39, 0.29) is 34.8 Å². The monoisotopic (exact) mass is 616 g/mol. The highest BCUT2D eigenvalue weighted by Gasteiger charge is 2.51. The number of hydrazine groups is 2. The van der Waals surface area contributed by atoms with E-state index >= 15 is 0 Å². The van der Waals surface area contributed by atoms with Gasteiger partial charge in [-0.2, -0.15) is 0 Å².